The van der Waals surface area contributed by atoms with Crippen LogP contribution in [0.4, 0.5) is 4.79 Å². The van der Waals surface area contributed by atoms with Gasteiger partial charge in [0, 0.05) is 31.0 Å². The summed E-state index contributed by atoms with van der Waals surface area (Å²) in [6.45, 7) is 4.25. The maximum Gasteiger partial charge on any atom is 0.315 e. The SMILES string of the molecule is Cc1nc(CNC(=O)NCC(CO)Cc2ccccn2)oc1C. The Labute approximate surface area is 135 Å². The lowest BCUT2D eigenvalue weighted by Gasteiger charge is -2.14. The standard InChI is InChI=1S/C16H22N4O3/c1-11-12(2)23-15(20-11)9-19-16(22)18-8-13(10-21)7-14-5-3-4-6-17-14/h3-6,13,21H,7-10H2,1-2H3,(H2,18,19,22). The Kier molecular flexibility index (Phi) is 6.10. The molecule has 0 spiro atoms. The number of aryl methyl sites for hydroxylation is 2. The number of aliphatic hydroxyl groups is 1. The van der Waals surface area contributed by atoms with Crippen LogP contribution < -0.4 is 10.6 Å². The summed E-state index contributed by atoms with van der Waals surface area (Å²) in [5, 5.41) is 14.8. The van der Waals surface area contributed by atoms with Crippen molar-refractivity contribution in [3.8, 4) is 0 Å². The van der Waals surface area contributed by atoms with Gasteiger partial charge in [0.15, 0.2) is 0 Å². The zero-order chi connectivity index (χ0) is 16.7. The first-order valence-corrected chi connectivity index (χ1v) is 7.54. The molecule has 2 aromatic rings. The number of nitrogens with one attached hydrogen (secondary N) is 2. The van der Waals surface area contributed by atoms with Crippen LogP contribution in [0.3, 0.4) is 0 Å². The van der Waals surface area contributed by atoms with Gasteiger partial charge in [0.25, 0.3) is 0 Å². The number of carbonyl (C=O) groups excluding carboxylic acids is 1. The zero-order valence-corrected chi connectivity index (χ0v) is 13.4. The van der Waals surface area contributed by atoms with Crippen LogP contribution in [-0.4, -0.2) is 34.3 Å². The molecule has 2 rings (SSSR count). The predicted octanol–water partition coefficient (Wildman–Crippen LogP) is 1.34. The number of hydrogen-bond donors (Lipinski definition) is 3. The van der Waals surface area contributed by atoms with Crippen LogP contribution in [-0.2, 0) is 13.0 Å². The Bertz CT molecular complexity index is 608. The van der Waals surface area contributed by atoms with Crippen molar-refractivity contribution in [2.45, 2.75) is 26.8 Å². The molecular weight excluding hydrogens is 296 g/mol. The van der Waals surface area contributed by atoms with Crippen LogP contribution in [0.25, 0.3) is 0 Å². The molecule has 0 aliphatic heterocycles. The Balaban J connectivity index is 1.74. The Morgan fingerprint density at radius 3 is 2.78 bits per heavy atom. The molecule has 0 aliphatic rings. The normalized spacial score (nSPS) is 12.0. The fourth-order valence-electron chi connectivity index (χ4n) is 2.09. The zero-order valence-electron chi connectivity index (χ0n) is 13.4. The summed E-state index contributed by atoms with van der Waals surface area (Å²) in [4.78, 5) is 20.2. The Morgan fingerprint density at radius 2 is 2.17 bits per heavy atom. The molecule has 0 aromatic carbocycles. The van der Waals surface area contributed by atoms with Crippen molar-refractivity contribution in [3.63, 3.8) is 0 Å². The van der Waals surface area contributed by atoms with Gasteiger partial charge in [-0.2, -0.15) is 0 Å². The highest BCUT2D eigenvalue weighted by molar-refractivity contribution is 5.73. The first kappa shape index (κ1) is 17.0. The van der Waals surface area contributed by atoms with Crippen molar-refractivity contribution in [2.75, 3.05) is 13.2 Å². The second-order valence-corrected chi connectivity index (χ2v) is 5.39. The largest absolute Gasteiger partial charge is 0.444 e. The quantitative estimate of drug-likeness (QED) is 0.715. The molecule has 124 valence electrons. The molecule has 0 saturated heterocycles. The molecule has 3 N–H and O–H groups in total. The molecule has 2 aromatic heterocycles. The van der Waals surface area contributed by atoms with Gasteiger partial charge in [-0.25, -0.2) is 9.78 Å². The lowest BCUT2D eigenvalue weighted by molar-refractivity contribution is 0.213. The third-order valence-corrected chi connectivity index (χ3v) is 3.51. The van der Waals surface area contributed by atoms with E-state index in [4.69, 9.17) is 4.42 Å². The summed E-state index contributed by atoms with van der Waals surface area (Å²) >= 11 is 0. The summed E-state index contributed by atoms with van der Waals surface area (Å²) < 4.78 is 5.39. The maximum atomic E-state index is 11.8. The van der Waals surface area contributed by atoms with Gasteiger partial charge in [-0.05, 0) is 32.4 Å². The minimum atomic E-state index is -0.321. The number of aromatic nitrogens is 2. The first-order valence-electron chi connectivity index (χ1n) is 7.54. The monoisotopic (exact) mass is 318 g/mol. The van der Waals surface area contributed by atoms with Gasteiger partial charge in [0.2, 0.25) is 5.89 Å². The minimum Gasteiger partial charge on any atom is -0.444 e. The van der Waals surface area contributed by atoms with E-state index >= 15 is 0 Å². The number of nitrogens with zero attached hydrogens (tertiary/aromatic N) is 2. The summed E-state index contributed by atoms with van der Waals surface area (Å²) in [5.41, 5.74) is 1.71. The predicted molar refractivity (Wildman–Crippen MR) is 84.7 cm³/mol. The van der Waals surface area contributed by atoms with E-state index in [0.717, 1.165) is 17.1 Å². The molecule has 2 amide bonds. The third-order valence-electron chi connectivity index (χ3n) is 3.51. The van der Waals surface area contributed by atoms with Crippen molar-refractivity contribution in [1.82, 2.24) is 20.6 Å². The number of hydrogen-bond acceptors (Lipinski definition) is 5. The first-order chi connectivity index (χ1) is 11.1. The van der Waals surface area contributed by atoms with Gasteiger partial charge in [-0.3, -0.25) is 4.98 Å². The van der Waals surface area contributed by atoms with Gasteiger partial charge in [-0.15, -0.1) is 0 Å². The molecule has 7 heteroatoms. The molecular formula is C16H22N4O3. The van der Waals surface area contributed by atoms with E-state index in [1.54, 1.807) is 6.20 Å². The molecule has 0 fully saturated rings. The van der Waals surface area contributed by atoms with E-state index in [-0.39, 0.29) is 25.1 Å². The topological polar surface area (TPSA) is 100 Å². The second kappa shape index (κ2) is 8.28. The van der Waals surface area contributed by atoms with Gasteiger partial charge in [-0.1, -0.05) is 6.07 Å². The van der Waals surface area contributed by atoms with E-state index < -0.39 is 0 Å². The van der Waals surface area contributed by atoms with Gasteiger partial charge in [0.1, 0.15) is 5.76 Å². The number of pyridine rings is 1. The van der Waals surface area contributed by atoms with Crippen LogP contribution in [0.1, 0.15) is 23.0 Å². The van der Waals surface area contributed by atoms with Gasteiger partial charge >= 0.3 is 6.03 Å². The van der Waals surface area contributed by atoms with E-state index in [0.29, 0.717) is 18.9 Å². The summed E-state index contributed by atoms with van der Waals surface area (Å²) in [6.07, 6.45) is 2.32. The molecule has 0 radical (unpaired) electrons. The average Bonchev–Trinajstić information content (AvgIpc) is 2.88. The molecule has 1 atom stereocenters. The van der Waals surface area contributed by atoms with Gasteiger partial charge < -0.3 is 20.2 Å². The van der Waals surface area contributed by atoms with Crippen LogP contribution in [0.15, 0.2) is 28.8 Å². The minimum absolute atomic E-state index is 0.0189. The highest BCUT2D eigenvalue weighted by atomic mass is 16.4. The van der Waals surface area contributed by atoms with E-state index in [9.17, 15) is 9.90 Å². The van der Waals surface area contributed by atoms with E-state index in [2.05, 4.69) is 20.6 Å². The smallest absolute Gasteiger partial charge is 0.315 e. The molecule has 0 aliphatic carbocycles. The molecule has 23 heavy (non-hydrogen) atoms. The molecule has 1 unspecified atom stereocenters. The number of aliphatic hydroxyl groups excluding tert-OH is 1. The van der Waals surface area contributed by atoms with Crippen molar-refractivity contribution >= 4 is 6.03 Å². The number of urea groups is 1. The lowest BCUT2D eigenvalue weighted by atomic mass is 10.0. The van der Waals surface area contributed by atoms with Crippen molar-refractivity contribution in [3.05, 3.63) is 47.4 Å². The fraction of sp³-hybridized carbons (Fsp3) is 0.438. The average molecular weight is 318 g/mol. The van der Waals surface area contributed by atoms with Crippen LogP contribution >= 0.6 is 0 Å². The van der Waals surface area contributed by atoms with Crippen LogP contribution in [0.2, 0.25) is 0 Å². The third kappa shape index (κ3) is 5.37. The number of oxazole rings is 1. The molecule has 0 bridgehead atoms. The van der Waals surface area contributed by atoms with Crippen molar-refractivity contribution in [1.29, 1.82) is 0 Å². The highest BCUT2D eigenvalue weighted by Gasteiger charge is 2.12. The lowest BCUT2D eigenvalue weighted by Crippen LogP contribution is -2.39. The number of carbonyl (C=O) groups is 1. The van der Waals surface area contributed by atoms with Crippen LogP contribution in [0.5, 0.6) is 0 Å². The summed E-state index contributed by atoms with van der Waals surface area (Å²) in [5.74, 6) is 1.14. The number of amides is 2. The summed E-state index contributed by atoms with van der Waals surface area (Å²) in [7, 11) is 0. The van der Waals surface area contributed by atoms with Crippen molar-refractivity contribution < 1.29 is 14.3 Å². The molecule has 7 nitrogen and oxygen atoms in total. The second-order valence-electron chi connectivity index (χ2n) is 5.39. The Morgan fingerprint density at radius 1 is 1.35 bits per heavy atom. The fourth-order valence-corrected chi connectivity index (χ4v) is 2.09. The molecule has 2 heterocycles. The number of rotatable bonds is 7. The Hall–Kier alpha value is -2.41. The van der Waals surface area contributed by atoms with Crippen molar-refractivity contribution in [2.24, 2.45) is 5.92 Å². The summed E-state index contributed by atoms with van der Waals surface area (Å²) in [6, 6.07) is 5.32. The van der Waals surface area contributed by atoms with Crippen LogP contribution in [0, 0.1) is 19.8 Å². The van der Waals surface area contributed by atoms with E-state index in [1.807, 2.05) is 32.0 Å². The maximum absolute atomic E-state index is 11.8. The highest BCUT2D eigenvalue weighted by Crippen LogP contribution is 2.08. The van der Waals surface area contributed by atoms with Gasteiger partial charge in [0.05, 0.1) is 12.2 Å². The molecule has 0 saturated carbocycles. The van der Waals surface area contributed by atoms with E-state index in [1.165, 1.54) is 0 Å².